The van der Waals surface area contributed by atoms with Crippen molar-refractivity contribution < 1.29 is 19.5 Å². The SMILES string of the molecule is NC(CC=O)(C(=O)O)C1c2ccccc2N(C(=O)c2ccc3ccccc3n2)C2CCCC21. The number of rotatable bonds is 5. The van der Waals surface area contributed by atoms with Crippen LogP contribution in [0.3, 0.4) is 0 Å². The van der Waals surface area contributed by atoms with Gasteiger partial charge in [0.05, 0.1) is 5.52 Å². The first-order valence-electron chi connectivity index (χ1n) is 11.2. The Morgan fingerprint density at radius 1 is 1.09 bits per heavy atom. The predicted octanol–water partition coefficient (Wildman–Crippen LogP) is 3.52. The number of fused-ring (bicyclic) bond motifs is 3. The van der Waals surface area contributed by atoms with Crippen LogP contribution in [-0.2, 0) is 9.59 Å². The number of nitrogens with zero attached hydrogens (tertiary/aromatic N) is 2. The Hall–Kier alpha value is -3.58. The number of amides is 1. The molecule has 168 valence electrons. The fourth-order valence-corrected chi connectivity index (χ4v) is 5.77. The van der Waals surface area contributed by atoms with E-state index >= 15 is 0 Å². The lowest BCUT2D eigenvalue weighted by molar-refractivity contribution is -0.146. The molecule has 7 heteroatoms. The van der Waals surface area contributed by atoms with Gasteiger partial charge in [-0.05, 0) is 42.5 Å². The minimum absolute atomic E-state index is 0.162. The summed E-state index contributed by atoms with van der Waals surface area (Å²) in [7, 11) is 0. The number of carboxylic acid groups (broad SMARTS) is 1. The molecule has 1 aliphatic heterocycles. The highest BCUT2D eigenvalue weighted by molar-refractivity contribution is 6.07. The number of carbonyl (C=O) groups is 3. The van der Waals surface area contributed by atoms with E-state index in [1.165, 1.54) is 0 Å². The topological polar surface area (TPSA) is 114 Å². The van der Waals surface area contributed by atoms with Crippen LogP contribution in [0.2, 0.25) is 0 Å². The summed E-state index contributed by atoms with van der Waals surface area (Å²) in [5.74, 6) is -2.14. The Balaban J connectivity index is 1.65. The van der Waals surface area contributed by atoms with E-state index in [9.17, 15) is 19.5 Å². The molecule has 0 spiro atoms. The van der Waals surface area contributed by atoms with Crippen LogP contribution in [0.1, 0.15) is 47.7 Å². The molecule has 33 heavy (non-hydrogen) atoms. The maximum Gasteiger partial charge on any atom is 0.324 e. The van der Waals surface area contributed by atoms with Crippen LogP contribution < -0.4 is 10.6 Å². The Bertz CT molecular complexity index is 1260. The molecule has 1 saturated carbocycles. The fourth-order valence-electron chi connectivity index (χ4n) is 5.77. The van der Waals surface area contributed by atoms with E-state index in [0.717, 1.165) is 30.2 Å². The van der Waals surface area contributed by atoms with Crippen LogP contribution in [0.4, 0.5) is 5.69 Å². The smallest absolute Gasteiger partial charge is 0.324 e. The van der Waals surface area contributed by atoms with E-state index in [2.05, 4.69) is 4.98 Å². The normalized spacial score (nSPS) is 23.4. The molecule has 2 aliphatic rings. The number of aliphatic carboxylic acids is 1. The number of anilines is 1. The molecule has 0 saturated heterocycles. The highest BCUT2D eigenvalue weighted by Crippen LogP contribution is 2.53. The number of carbonyl (C=O) groups excluding carboxylic acids is 2. The van der Waals surface area contributed by atoms with Crippen LogP contribution >= 0.6 is 0 Å². The number of nitrogens with two attached hydrogens (primary N) is 1. The van der Waals surface area contributed by atoms with Gasteiger partial charge in [-0.2, -0.15) is 0 Å². The fraction of sp³-hybridized carbons (Fsp3) is 0.308. The summed E-state index contributed by atoms with van der Waals surface area (Å²) >= 11 is 0. The number of benzene rings is 2. The zero-order valence-electron chi connectivity index (χ0n) is 18.1. The summed E-state index contributed by atoms with van der Waals surface area (Å²) < 4.78 is 0. The van der Waals surface area contributed by atoms with Gasteiger partial charge < -0.3 is 20.5 Å². The van der Waals surface area contributed by atoms with Crippen molar-refractivity contribution in [2.75, 3.05) is 4.90 Å². The number of pyridine rings is 1. The highest BCUT2D eigenvalue weighted by Gasteiger charge is 2.55. The summed E-state index contributed by atoms with van der Waals surface area (Å²) in [6, 6.07) is 18.4. The first-order chi connectivity index (χ1) is 16.0. The van der Waals surface area contributed by atoms with Gasteiger partial charge in [0.1, 0.15) is 17.5 Å². The molecule has 1 fully saturated rings. The van der Waals surface area contributed by atoms with Crippen LogP contribution in [0.5, 0.6) is 0 Å². The summed E-state index contributed by atoms with van der Waals surface area (Å²) in [4.78, 5) is 43.9. The summed E-state index contributed by atoms with van der Waals surface area (Å²) in [5.41, 5.74) is 7.14. The molecule has 4 unspecified atom stereocenters. The van der Waals surface area contributed by atoms with Gasteiger partial charge in [-0.15, -0.1) is 0 Å². The highest BCUT2D eigenvalue weighted by atomic mass is 16.4. The van der Waals surface area contributed by atoms with Crippen LogP contribution in [0.25, 0.3) is 10.9 Å². The number of carboxylic acids is 1. The Labute approximate surface area is 191 Å². The molecular formula is C26H25N3O4. The maximum absolute atomic E-state index is 13.8. The Morgan fingerprint density at radius 3 is 2.64 bits per heavy atom. The second-order valence-electron chi connectivity index (χ2n) is 8.98. The standard InChI is InChI=1S/C26H25N3O4/c27-26(14-15-30,25(32)33)23-17-7-2-4-10-21(17)29(22-11-5-8-18(22)23)24(31)20-13-12-16-6-1-3-9-19(16)28-20/h1-4,6-7,9-10,12-13,15,18,22-23H,5,8,11,14,27H2,(H,32,33). The third-order valence-electron chi connectivity index (χ3n) is 7.23. The molecular weight excluding hydrogens is 418 g/mol. The molecule has 7 nitrogen and oxygen atoms in total. The first-order valence-corrected chi connectivity index (χ1v) is 11.2. The lowest BCUT2D eigenvalue weighted by atomic mass is 9.66. The van der Waals surface area contributed by atoms with Crippen LogP contribution in [0.15, 0.2) is 60.7 Å². The van der Waals surface area contributed by atoms with Crippen molar-refractivity contribution in [2.45, 2.75) is 43.2 Å². The minimum atomic E-state index is -1.73. The van der Waals surface area contributed by atoms with E-state index < -0.39 is 17.4 Å². The van der Waals surface area contributed by atoms with Crippen molar-refractivity contribution in [2.24, 2.45) is 11.7 Å². The van der Waals surface area contributed by atoms with Crippen molar-refractivity contribution >= 4 is 34.8 Å². The first kappa shape index (κ1) is 21.3. The van der Waals surface area contributed by atoms with Crippen molar-refractivity contribution in [1.29, 1.82) is 0 Å². The van der Waals surface area contributed by atoms with Gasteiger partial charge in [-0.3, -0.25) is 9.59 Å². The monoisotopic (exact) mass is 443 g/mol. The lowest BCUT2D eigenvalue weighted by Gasteiger charge is -2.48. The molecule has 2 aromatic carbocycles. The predicted molar refractivity (Wildman–Crippen MR) is 124 cm³/mol. The van der Waals surface area contributed by atoms with E-state index in [4.69, 9.17) is 5.73 Å². The van der Waals surface area contributed by atoms with Crippen molar-refractivity contribution in [3.8, 4) is 0 Å². The number of aldehydes is 1. The number of aromatic nitrogens is 1. The maximum atomic E-state index is 13.8. The van der Waals surface area contributed by atoms with Crippen molar-refractivity contribution in [1.82, 2.24) is 4.98 Å². The van der Waals surface area contributed by atoms with E-state index in [-0.39, 0.29) is 24.3 Å². The zero-order chi connectivity index (χ0) is 23.2. The number of para-hydroxylation sites is 2. The van der Waals surface area contributed by atoms with Gasteiger partial charge in [0.25, 0.3) is 5.91 Å². The van der Waals surface area contributed by atoms with Gasteiger partial charge in [0.15, 0.2) is 0 Å². The molecule has 3 N–H and O–H groups in total. The minimum Gasteiger partial charge on any atom is -0.480 e. The van der Waals surface area contributed by atoms with Gasteiger partial charge in [0, 0.05) is 29.5 Å². The van der Waals surface area contributed by atoms with Crippen molar-refractivity contribution in [3.05, 3.63) is 71.9 Å². The number of hydrogen-bond acceptors (Lipinski definition) is 5. The molecule has 1 aliphatic carbocycles. The molecule has 1 amide bonds. The Morgan fingerprint density at radius 2 is 1.85 bits per heavy atom. The van der Waals surface area contributed by atoms with Crippen LogP contribution in [0, 0.1) is 5.92 Å². The van der Waals surface area contributed by atoms with Gasteiger partial charge in [-0.25, -0.2) is 4.98 Å². The number of hydrogen-bond donors (Lipinski definition) is 2. The zero-order valence-corrected chi connectivity index (χ0v) is 18.1. The molecule has 1 aromatic heterocycles. The van der Waals surface area contributed by atoms with E-state index in [0.29, 0.717) is 23.2 Å². The molecule has 4 atom stereocenters. The largest absolute Gasteiger partial charge is 0.480 e. The van der Waals surface area contributed by atoms with E-state index in [1.54, 1.807) is 11.0 Å². The summed E-state index contributed by atoms with van der Waals surface area (Å²) in [6.45, 7) is 0. The summed E-state index contributed by atoms with van der Waals surface area (Å²) in [6.07, 6.45) is 2.63. The second kappa shape index (κ2) is 8.08. The average Bonchev–Trinajstić information content (AvgIpc) is 3.30. The van der Waals surface area contributed by atoms with Gasteiger partial charge >= 0.3 is 5.97 Å². The molecule has 0 radical (unpaired) electrons. The van der Waals surface area contributed by atoms with Gasteiger partial charge in [0.2, 0.25) is 0 Å². The van der Waals surface area contributed by atoms with E-state index in [1.807, 2.05) is 54.6 Å². The Kier molecular flexibility index (Phi) is 5.21. The third-order valence-corrected chi connectivity index (χ3v) is 7.23. The second-order valence-corrected chi connectivity index (χ2v) is 8.98. The lowest BCUT2D eigenvalue weighted by Crippen LogP contribution is -2.60. The van der Waals surface area contributed by atoms with Crippen LogP contribution in [-0.4, -0.2) is 39.8 Å². The third kappa shape index (κ3) is 3.31. The van der Waals surface area contributed by atoms with Crippen molar-refractivity contribution in [3.63, 3.8) is 0 Å². The molecule has 5 rings (SSSR count). The summed E-state index contributed by atoms with van der Waals surface area (Å²) in [5, 5.41) is 11.0. The average molecular weight is 444 g/mol. The molecule has 0 bridgehead atoms. The van der Waals surface area contributed by atoms with Gasteiger partial charge in [-0.1, -0.05) is 48.9 Å². The molecule has 3 aromatic rings. The quantitative estimate of drug-likeness (QED) is 0.583. The molecule has 2 heterocycles.